The van der Waals surface area contributed by atoms with E-state index in [2.05, 4.69) is 11.6 Å². The molecule has 0 atom stereocenters. The van der Waals surface area contributed by atoms with Gasteiger partial charge in [-0.05, 0) is 12.1 Å². The summed E-state index contributed by atoms with van der Waals surface area (Å²) < 4.78 is 6.05. The van der Waals surface area contributed by atoms with E-state index in [0.717, 1.165) is 6.08 Å². The van der Waals surface area contributed by atoms with E-state index in [-0.39, 0.29) is 5.75 Å². The summed E-state index contributed by atoms with van der Waals surface area (Å²) in [6, 6.07) is 5.13. The zero-order valence-corrected chi connectivity index (χ0v) is 8.29. The van der Waals surface area contributed by atoms with E-state index in [1.54, 1.807) is 24.4 Å². The van der Waals surface area contributed by atoms with Crippen LogP contribution in [0.2, 0.25) is 0 Å². The lowest BCUT2D eigenvalue weighted by molar-refractivity contribution is -0.129. The molecule has 80 valence electrons. The smallest absolute Gasteiger partial charge is 0.335 e. The first kappa shape index (κ1) is 10.1. The van der Waals surface area contributed by atoms with Crippen molar-refractivity contribution in [2.45, 2.75) is 0 Å². The maximum absolute atomic E-state index is 11.8. The van der Waals surface area contributed by atoms with E-state index in [1.807, 2.05) is 0 Å². The molecule has 0 fully saturated rings. The SMILES string of the molecule is C=CC(=O)Oc1cnc2ccccn2c1=O. The Morgan fingerprint density at radius 3 is 3.06 bits per heavy atom. The predicted molar refractivity (Wildman–Crippen MR) is 57.3 cm³/mol. The van der Waals surface area contributed by atoms with E-state index >= 15 is 0 Å². The van der Waals surface area contributed by atoms with Gasteiger partial charge >= 0.3 is 11.5 Å². The lowest BCUT2D eigenvalue weighted by Crippen LogP contribution is -2.19. The van der Waals surface area contributed by atoms with Crippen LogP contribution in [0, 0.1) is 0 Å². The third kappa shape index (κ3) is 1.70. The number of ether oxygens (including phenoxy) is 1. The molecule has 0 unspecified atom stereocenters. The van der Waals surface area contributed by atoms with Gasteiger partial charge in [-0.1, -0.05) is 12.6 Å². The highest BCUT2D eigenvalue weighted by molar-refractivity contribution is 5.83. The third-order valence-corrected chi connectivity index (χ3v) is 1.96. The molecular formula is C11H8N2O3. The first-order chi connectivity index (χ1) is 7.72. The summed E-state index contributed by atoms with van der Waals surface area (Å²) in [5.41, 5.74) is 0.0618. The molecule has 16 heavy (non-hydrogen) atoms. The van der Waals surface area contributed by atoms with Crippen LogP contribution in [0.5, 0.6) is 5.75 Å². The van der Waals surface area contributed by atoms with E-state index in [1.165, 1.54) is 10.6 Å². The molecule has 0 bridgehead atoms. The van der Waals surface area contributed by atoms with Gasteiger partial charge in [-0.25, -0.2) is 9.78 Å². The zero-order valence-electron chi connectivity index (χ0n) is 8.29. The standard InChI is InChI=1S/C11H8N2O3/c1-2-10(14)16-8-7-12-9-5-3-4-6-13(9)11(8)15/h2-7H,1H2. The summed E-state index contributed by atoms with van der Waals surface area (Å²) in [5, 5.41) is 0. The Bertz CT molecular complexity index is 616. The average Bonchev–Trinajstić information content (AvgIpc) is 2.33. The number of rotatable bonds is 2. The topological polar surface area (TPSA) is 60.7 Å². The molecule has 0 aliphatic heterocycles. The molecule has 2 rings (SSSR count). The van der Waals surface area contributed by atoms with Gasteiger partial charge in [-0.2, -0.15) is 0 Å². The second kappa shape index (κ2) is 3.98. The Balaban J connectivity index is 2.57. The number of hydrogen-bond acceptors (Lipinski definition) is 4. The van der Waals surface area contributed by atoms with Crippen molar-refractivity contribution in [3.63, 3.8) is 0 Å². The van der Waals surface area contributed by atoms with Gasteiger partial charge in [0.05, 0.1) is 6.20 Å². The lowest BCUT2D eigenvalue weighted by Gasteiger charge is -2.02. The Morgan fingerprint density at radius 1 is 1.50 bits per heavy atom. The molecule has 0 amide bonds. The molecule has 0 saturated carbocycles. The van der Waals surface area contributed by atoms with E-state index in [4.69, 9.17) is 4.74 Å². The summed E-state index contributed by atoms with van der Waals surface area (Å²) in [7, 11) is 0. The van der Waals surface area contributed by atoms with Crippen molar-refractivity contribution in [1.82, 2.24) is 9.38 Å². The van der Waals surface area contributed by atoms with Gasteiger partial charge < -0.3 is 4.74 Å². The number of aromatic nitrogens is 2. The molecule has 0 aliphatic rings. The van der Waals surface area contributed by atoms with Crippen LogP contribution in [-0.4, -0.2) is 15.4 Å². The molecule has 0 aromatic carbocycles. The summed E-state index contributed by atoms with van der Waals surface area (Å²) in [4.78, 5) is 26.7. The van der Waals surface area contributed by atoms with Gasteiger partial charge in [0.1, 0.15) is 5.65 Å². The van der Waals surface area contributed by atoms with Crippen LogP contribution in [0.1, 0.15) is 0 Å². The van der Waals surface area contributed by atoms with Crippen molar-refractivity contribution in [3.8, 4) is 5.75 Å². The average molecular weight is 216 g/mol. The molecule has 0 N–H and O–H groups in total. The molecule has 0 saturated heterocycles. The maximum atomic E-state index is 11.8. The van der Waals surface area contributed by atoms with E-state index in [9.17, 15) is 9.59 Å². The molecule has 5 heteroatoms. The Labute approximate surface area is 90.6 Å². The van der Waals surface area contributed by atoms with Crippen LogP contribution in [0.4, 0.5) is 0 Å². The van der Waals surface area contributed by atoms with Crippen LogP contribution in [0.15, 0.2) is 48.0 Å². The Morgan fingerprint density at radius 2 is 2.31 bits per heavy atom. The number of carbonyl (C=O) groups excluding carboxylic acids is 1. The van der Waals surface area contributed by atoms with Gasteiger partial charge in [0.15, 0.2) is 0 Å². The van der Waals surface area contributed by atoms with Crippen LogP contribution >= 0.6 is 0 Å². The number of carbonyl (C=O) groups is 1. The number of esters is 1. The summed E-state index contributed by atoms with van der Waals surface area (Å²) in [5.74, 6) is -0.802. The minimum absolute atomic E-state index is 0.117. The van der Waals surface area contributed by atoms with Crippen molar-refractivity contribution in [2.75, 3.05) is 0 Å². The molecule has 2 aromatic heterocycles. The lowest BCUT2D eigenvalue weighted by atomic mass is 10.4. The maximum Gasteiger partial charge on any atom is 0.335 e. The van der Waals surface area contributed by atoms with Gasteiger partial charge in [0, 0.05) is 12.3 Å². The fourth-order valence-electron chi connectivity index (χ4n) is 1.23. The molecule has 0 aliphatic carbocycles. The molecule has 2 aromatic rings. The quantitative estimate of drug-likeness (QED) is 0.550. The van der Waals surface area contributed by atoms with Crippen molar-refractivity contribution in [2.24, 2.45) is 0 Å². The molecular weight excluding hydrogens is 208 g/mol. The van der Waals surface area contributed by atoms with Crippen LogP contribution in [-0.2, 0) is 4.79 Å². The third-order valence-electron chi connectivity index (χ3n) is 1.96. The van der Waals surface area contributed by atoms with E-state index in [0.29, 0.717) is 5.65 Å². The minimum atomic E-state index is -0.685. The Hall–Kier alpha value is -2.43. The fourth-order valence-corrected chi connectivity index (χ4v) is 1.23. The highest BCUT2D eigenvalue weighted by Crippen LogP contribution is 2.03. The van der Waals surface area contributed by atoms with Crippen LogP contribution < -0.4 is 10.3 Å². The minimum Gasteiger partial charge on any atom is -0.416 e. The largest absolute Gasteiger partial charge is 0.416 e. The second-order valence-electron chi connectivity index (χ2n) is 2.98. The number of hydrogen-bond donors (Lipinski definition) is 0. The first-order valence-corrected chi connectivity index (χ1v) is 4.53. The molecule has 0 radical (unpaired) electrons. The van der Waals surface area contributed by atoms with Gasteiger partial charge in [0.2, 0.25) is 5.75 Å². The first-order valence-electron chi connectivity index (χ1n) is 4.53. The van der Waals surface area contributed by atoms with Crippen molar-refractivity contribution >= 4 is 11.6 Å². The van der Waals surface area contributed by atoms with Crippen LogP contribution in [0.25, 0.3) is 5.65 Å². The summed E-state index contributed by atoms with van der Waals surface area (Å²) in [6.45, 7) is 3.24. The Kier molecular flexibility index (Phi) is 2.51. The summed E-state index contributed by atoms with van der Waals surface area (Å²) in [6.07, 6.45) is 3.76. The highest BCUT2D eigenvalue weighted by Gasteiger charge is 2.07. The fraction of sp³-hybridized carbons (Fsp3) is 0. The molecule has 5 nitrogen and oxygen atoms in total. The number of fused-ring (bicyclic) bond motifs is 1. The van der Waals surface area contributed by atoms with Crippen molar-refractivity contribution < 1.29 is 9.53 Å². The molecule has 0 spiro atoms. The molecule has 2 heterocycles. The number of nitrogens with zero attached hydrogens (tertiary/aromatic N) is 2. The number of pyridine rings is 1. The zero-order chi connectivity index (χ0) is 11.5. The van der Waals surface area contributed by atoms with E-state index < -0.39 is 11.5 Å². The normalized spacial score (nSPS) is 10.0. The predicted octanol–water partition coefficient (Wildman–Crippen LogP) is 0.786. The van der Waals surface area contributed by atoms with Crippen LogP contribution in [0.3, 0.4) is 0 Å². The van der Waals surface area contributed by atoms with Crippen molar-refractivity contribution in [1.29, 1.82) is 0 Å². The van der Waals surface area contributed by atoms with Gasteiger partial charge in [-0.3, -0.25) is 9.20 Å². The monoisotopic (exact) mass is 216 g/mol. The van der Waals surface area contributed by atoms with Gasteiger partial charge in [-0.15, -0.1) is 0 Å². The second-order valence-corrected chi connectivity index (χ2v) is 2.98. The highest BCUT2D eigenvalue weighted by atomic mass is 16.5. The summed E-state index contributed by atoms with van der Waals surface area (Å²) >= 11 is 0. The van der Waals surface area contributed by atoms with Gasteiger partial charge in [0.25, 0.3) is 0 Å². The van der Waals surface area contributed by atoms with Crippen molar-refractivity contribution in [3.05, 3.63) is 53.6 Å².